The number of hydrogen-bond acceptors (Lipinski definition) is 2. The van der Waals surface area contributed by atoms with Crippen molar-refractivity contribution in [2.24, 2.45) is 10.9 Å². The van der Waals surface area contributed by atoms with Crippen molar-refractivity contribution in [3.05, 3.63) is 231 Å². The summed E-state index contributed by atoms with van der Waals surface area (Å²) in [6.45, 7) is 6.82. The van der Waals surface area contributed by atoms with Crippen LogP contribution in [0.3, 0.4) is 0 Å². The molecule has 0 amide bonds. The van der Waals surface area contributed by atoms with E-state index in [1.807, 2.05) is 0 Å². The Morgan fingerprint density at radius 3 is 2.23 bits per heavy atom. The first-order chi connectivity index (χ1) is 29.5. The average molecular weight is 777 g/mol. The number of nitrogens with zero attached hydrogens (tertiary/aromatic N) is 2. The Kier molecular flexibility index (Phi) is 8.89. The van der Waals surface area contributed by atoms with Crippen LogP contribution in [0.25, 0.3) is 16.7 Å². The first-order valence-corrected chi connectivity index (χ1v) is 22.2. The van der Waals surface area contributed by atoms with Crippen LogP contribution in [0.15, 0.2) is 197 Å². The van der Waals surface area contributed by atoms with Crippen LogP contribution in [0.1, 0.15) is 104 Å². The minimum Gasteiger partial charge on any atom is -0.310 e. The third kappa shape index (κ3) is 5.42. The normalized spacial score (nSPS) is 23.4. The first-order valence-electron chi connectivity index (χ1n) is 22.2. The molecule has 60 heavy (non-hydrogen) atoms. The zero-order valence-electron chi connectivity index (χ0n) is 35.0. The van der Waals surface area contributed by atoms with Gasteiger partial charge in [0.2, 0.25) is 0 Å². The monoisotopic (exact) mass is 776 g/mol. The molecule has 6 aliphatic carbocycles. The summed E-state index contributed by atoms with van der Waals surface area (Å²) in [6.07, 6.45) is 25.4. The molecule has 0 N–H and O–H groups in total. The summed E-state index contributed by atoms with van der Waals surface area (Å²) in [4.78, 5) is 8.07. The zero-order valence-corrected chi connectivity index (χ0v) is 35.0. The van der Waals surface area contributed by atoms with Crippen LogP contribution in [-0.4, -0.2) is 6.21 Å². The molecule has 0 saturated carbocycles. The summed E-state index contributed by atoms with van der Waals surface area (Å²) in [5, 5.41) is 0. The number of rotatable bonds is 7. The fourth-order valence-electron chi connectivity index (χ4n) is 12.0. The summed E-state index contributed by atoms with van der Waals surface area (Å²) in [5.41, 5.74) is 21.2. The first kappa shape index (κ1) is 36.8. The van der Waals surface area contributed by atoms with E-state index in [0.717, 1.165) is 38.5 Å². The van der Waals surface area contributed by atoms with Gasteiger partial charge in [-0.05, 0) is 137 Å². The van der Waals surface area contributed by atoms with Crippen molar-refractivity contribution >= 4 is 34.3 Å². The molecule has 3 unspecified atom stereocenters. The van der Waals surface area contributed by atoms with Crippen molar-refractivity contribution in [2.45, 2.75) is 76.0 Å². The van der Waals surface area contributed by atoms with Crippen LogP contribution < -0.4 is 4.90 Å². The van der Waals surface area contributed by atoms with Crippen LogP contribution in [0.2, 0.25) is 0 Å². The standard InChI is InChI=1S/C58H52N2/c1-4-20-43-44-26-11-15-29-48(44)57(2,3)53(43)38-59-40-35-36-46-45-27-12-16-30-49(45)58(52(46)37-40)50-31-17-13-28-47(50)56-51(58)32-19-34-55(56)60(41-23-9-6-10-24-41)54-33-18-14-25-42(54)39-21-7-5-8-22-39/h4-12,15-17,19-27,29-34,37-38,47,50H,13-14,18,28,35-36H2,1-3H3/b20-4-,59-38?. The number of aliphatic imine (C=N–C) groups is 1. The molecule has 0 saturated heterocycles. The maximum atomic E-state index is 5.47. The highest BCUT2D eigenvalue weighted by molar-refractivity contribution is 6.02. The van der Waals surface area contributed by atoms with Gasteiger partial charge in [-0.1, -0.05) is 159 Å². The van der Waals surface area contributed by atoms with Crippen LogP contribution in [0.5, 0.6) is 0 Å². The molecule has 0 bridgehead atoms. The SMILES string of the molecule is C/C=C\C1=C(C=NC2=CC3=C(CC2)c2ccccc2C32c3cccc(N(C4=CCCC=C4c4ccccc4)c4ccccc4)c3C3CCC=CC32)C(C)(C)c2ccccc21. The lowest BCUT2D eigenvalue weighted by molar-refractivity contribution is 0.396. The lowest BCUT2D eigenvalue weighted by Gasteiger charge is -2.38. The Labute approximate surface area is 356 Å². The molecule has 5 aromatic rings. The second-order valence-electron chi connectivity index (χ2n) is 17.8. The molecular weight excluding hydrogens is 725 g/mol. The molecular formula is C58H52N2. The number of hydrogen-bond donors (Lipinski definition) is 0. The number of fused-ring (bicyclic) bond motifs is 10. The summed E-state index contributed by atoms with van der Waals surface area (Å²) in [6, 6.07) is 47.6. The predicted molar refractivity (Wildman–Crippen MR) is 253 cm³/mol. The van der Waals surface area contributed by atoms with Crippen molar-refractivity contribution in [3.8, 4) is 0 Å². The predicted octanol–water partition coefficient (Wildman–Crippen LogP) is 14.8. The molecule has 5 aromatic carbocycles. The number of para-hydroxylation sites is 1. The second-order valence-corrected chi connectivity index (χ2v) is 17.8. The van der Waals surface area contributed by atoms with Gasteiger partial charge >= 0.3 is 0 Å². The minimum atomic E-state index is -0.306. The van der Waals surface area contributed by atoms with E-state index >= 15 is 0 Å². The van der Waals surface area contributed by atoms with E-state index in [0.29, 0.717) is 11.8 Å². The molecule has 294 valence electrons. The summed E-state index contributed by atoms with van der Waals surface area (Å²) >= 11 is 0. The van der Waals surface area contributed by atoms with E-state index in [2.05, 4.69) is 202 Å². The van der Waals surface area contributed by atoms with Crippen molar-refractivity contribution in [1.29, 1.82) is 0 Å². The number of allylic oxidation sites excluding steroid dienone is 13. The van der Waals surface area contributed by atoms with Gasteiger partial charge in [0.15, 0.2) is 0 Å². The van der Waals surface area contributed by atoms with Gasteiger partial charge in [-0.15, -0.1) is 0 Å². The lowest BCUT2D eigenvalue weighted by atomic mass is 9.63. The Morgan fingerprint density at radius 2 is 1.42 bits per heavy atom. The lowest BCUT2D eigenvalue weighted by Crippen LogP contribution is -2.34. The molecule has 6 aliphatic rings. The van der Waals surface area contributed by atoms with Gasteiger partial charge in [0, 0.05) is 45.9 Å². The molecule has 2 heteroatoms. The summed E-state index contributed by atoms with van der Waals surface area (Å²) in [7, 11) is 0. The van der Waals surface area contributed by atoms with Gasteiger partial charge in [-0.25, -0.2) is 0 Å². The number of benzene rings is 5. The minimum absolute atomic E-state index is 0.131. The van der Waals surface area contributed by atoms with E-state index in [-0.39, 0.29) is 10.8 Å². The van der Waals surface area contributed by atoms with Gasteiger partial charge in [0.25, 0.3) is 0 Å². The molecule has 0 heterocycles. The van der Waals surface area contributed by atoms with Crippen LogP contribution in [0, 0.1) is 5.92 Å². The average Bonchev–Trinajstić information content (AvgIpc) is 3.85. The van der Waals surface area contributed by atoms with Crippen molar-refractivity contribution in [1.82, 2.24) is 0 Å². The van der Waals surface area contributed by atoms with Gasteiger partial charge in [-0.2, -0.15) is 0 Å². The van der Waals surface area contributed by atoms with Gasteiger partial charge in [-0.3, -0.25) is 4.99 Å². The smallest absolute Gasteiger partial charge is 0.0532 e. The number of anilines is 2. The Bertz CT molecular complexity index is 2800. The Balaban J connectivity index is 1.10. The van der Waals surface area contributed by atoms with Crippen molar-refractivity contribution in [3.63, 3.8) is 0 Å². The molecule has 0 aliphatic heterocycles. The van der Waals surface area contributed by atoms with Gasteiger partial charge in [0.1, 0.15) is 0 Å². The van der Waals surface area contributed by atoms with E-state index in [1.54, 1.807) is 0 Å². The molecule has 0 fully saturated rings. The maximum absolute atomic E-state index is 5.47. The van der Waals surface area contributed by atoms with Gasteiger partial charge < -0.3 is 4.90 Å². The topological polar surface area (TPSA) is 15.6 Å². The van der Waals surface area contributed by atoms with Gasteiger partial charge in [0.05, 0.1) is 5.41 Å². The third-order valence-corrected chi connectivity index (χ3v) is 14.4. The van der Waals surface area contributed by atoms with E-state index in [1.165, 1.54) is 89.6 Å². The molecule has 0 aromatic heterocycles. The molecule has 11 rings (SSSR count). The fraction of sp³-hybridized carbons (Fsp3) is 0.224. The summed E-state index contributed by atoms with van der Waals surface area (Å²) in [5.74, 6) is 0.666. The van der Waals surface area contributed by atoms with Crippen molar-refractivity contribution in [2.75, 3.05) is 4.90 Å². The van der Waals surface area contributed by atoms with E-state index in [9.17, 15) is 0 Å². The fourth-order valence-corrected chi connectivity index (χ4v) is 12.0. The third-order valence-electron chi connectivity index (χ3n) is 14.4. The second kappa shape index (κ2) is 14.5. The van der Waals surface area contributed by atoms with E-state index in [4.69, 9.17) is 4.99 Å². The van der Waals surface area contributed by atoms with Crippen LogP contribution >= 0.6 is 0 Å². The van der Waals surface area contributed by atoms with E-state index < -0.39 is 0 Å². The quantitative estimate of drug-likeness (QED) is 0.119. The molecule has 2 nitrogen and oxygen atoms in total. The Hall–Kier alpha value is -6.25. The van der Waals surface area contributed by atoms with Crippen molar-refractivity contribution < 1.29 is 0 Å². The Morgan fingerprint density at radius 1 is 0.700 bits per heavy atom. The maximum Gasteiger partial charge on any atom is 0.0532 e. The molecule has 1 spiro atoms. The molecule has 3 atom stereocenters. The zero-order chi connectivity index (χ0) is 40.4. The van der Waals surface area contributed by atoms with Crippen LogP contribution in [0.4, 0.5) is 11.4 Å². The largest absolute Gasteiger partial charge is 0.310 e. The highest BCUT2D eigenvalue weighted by Gasteiger charge is 2.59. The highest BCUT2D eigenvalue weighted by atomic mass is 15.2. The van der Waals surface area contributed by atoms with Crippen LogP contribution in [-0.2, 0) is 10.8 Å². The highest BCUT2D eigenvalue weighted by Crippen LogP contribution is 2.68. The summed E-state index contributed by atoms with van der Waals surface area (Å²) < 4.78 is 0. The molecule has 0 radical (unpaired) electrons.